The van der Waals surface area contributed by atoms with Crippen molar-refractivity contribution in [2.75, 3.05) is 20.3 Å². The molecule has 0 radical (unpaired) electrons. The van der Waals surface area contributed by atoms with E-state index < -0.39 is 97.2 Å². The number of hydrogen-bond donors (Lipinski definition) is 1. The summed E-state index contributed by atoms with van der Waals surface area (Å²) >= 11 is 1.54. The van der Waals surface area contributed by atoms with Gasteiger partial charge in [0, 0.05) is 18.4 Å². The molecule has 0 spiro atoms. The molecule has 9 aromatic carbocycles. The lowest BCUT2D eigenvalue weighted by atomic mass is 9.95. The number of benzene rings is 9. The van der Waals surface area contributed by atoms with E-state index in [0.717, 1.165) is 49.4 Å². The summed E-state index contributed by atoms with van der Waals surface area (Å²) in [6, 6.07) is 89.3. The lowest BCUT2D eigenvalue weighted by Gasteiger charge is -2.51. The van der Waals surface area contributed by atoms with E-state index >= 15 is 0 Å². The van der Waals surface area contributed by atoms with Crippen LogP contribution in [0.1, 0.15) is 64.3 Å². The van der Waals surface area contributed by atoms with Gasteiger partial charge in [-0.05, 0) is 63.6 Å². The van der Waals surface area contributed by atoms with Crippen molar-refractivity contribution in [2.24, 2.45) is 0 Å². The largest absolute Gasteiger partial charge is 0.457 e. The molecular formula is C85H91NO16S. The van der Waals surface area contributed by atoms with Gasteiger partial charge in [-0.3, -0.25) is 9.59 Å². The van der Waals surface area contributed by atoms with Crippen LogP contribution in [0.15, 0.2) is 278 Å². The molecule has 0 saturated carbocycles. The molecule has 538 valence electrons. The van der Waals surface area contributed by atoms with Crippen LogP contribution in [-0.2, 0) is 129 Å². The van der Waals surface area contributed by atoms with Crippen LogP contribution in [0.4, 0.5) is 0 Å². The molecule has 17 nitrogen and oxygen atoms in total. The first-order valence-electron chi connectivity index (χ1n) is 35.3. The number of nitrogens with one attached hydrogen (secondary N) is 1. The fraction of sp³-hybridized carbons (Fsp3) is 0.341. The quantitative estimate of drug-likeness (QED) is 0.0367. The highest BCUT2D eigenvalue weighted by atomic mass is 32.2. The summed E-state index contributed by atoms with van der Waals surface area (Å²) in [7, 11) is 1.52. The third kappa shape index (κ3) is 22.2. The van der Waals surface area contributed by atoms with Gasteiger partial charge < -0.3 is 71.6 Å². The Balaban J connectivity index is 0.996. The van der Waals surface area contributed by atoms with Gasteiger partial charge in [-0.25, -0.2) is 0 Å². The van der Waals surface area contributed by atoms with Crippen LogP contribution in [-0.4, -0.2) is 123 Å². The molecule has 3 aliphatic rings. The minimum Gasteiger partial charge on any atom is -0.457 e. The minimum atomic E-state index is -1.35. The molecule has 103 heavy (non-hydrogen) atoms. The van der Waals surface area contributed by atoms with Crippen molar-refractivity contribution in [1.29, 1.82) is 0 Å². The summed E-state index contributed by atoms with van der Waals surface area (Å²) in [6.45, 7) is 3.05. The molecule has 15 atom stereocenters. The Morgan fingerprint density at radius 1 is 0.340 bits per heavy atom. The van der Waals surface area contributed by atoms with E-state index in [2.05, 4.69) is 17.4 Å². The van der Waals surface area contributed by atoms with Crippen molar-refractivity contribution < 1.29 is 75.9 Å². The van der Waals surface area contributed by atoms with Crippen LogP contribution in [0, 0.1) is 0 Å². The average molecular weight is 1410 g/mol. The Bertz CT molecular complexity index is 3870. The van der Waals surface area contributed by atoms with Gasteiger partial charge in [0.1, 0.15) is 66.5 Å². The average Bonchev–Trinajstić information content (AvgIpc) is 0.765. The zero-order chi connectivity index (χ0) is 70.6. The summed E-state index contributed by atoms with van der Waals surface area (Å²) in [4.78, 5) is 27.6. The summed E-state index contributed by atoms with van der Waals surface area (Å²) in [5.74, 6) is -0.931. The maximum atomic E-state index is 14.1. The molecule has 9 aromatic rings. The Kier molecular flexibility index (Phi) is 28.6. The van der Waals surface area contributed by atoms with Crippen molar-refractivity contribution in [2.45, 2.75) is 169 Å². The van der Waals surface area contributed by atoms with E-state index in [9.17, 15) is 9.59 Å². The van der Waals surface area contributed by atoms with Gasteiger partial charge in [-0.2, -0.15) is 0 Å². The number of thioether (sulfide) groups is 1. The predicted octanol–water partition coefficient (Wildman–Crippen LogP) is 14.1. The van der Waals surface area contributed by atoms with E-state index in [0.29, 0.717) is 0 Å². The lowest BCUT2D eigenvalue weighted by molar-refractivity contribution is -0.386. The normalized spacial score (nSPS) is 24.8. The number of rotatable bonds is 36. The molecule has 3 fully saturated rings. The third-order valence-corrected chi connectivity index (χ3v) is 19.2. The van der Waals surface area contributed by atoms with Crippen molar-refractivity contribution >= 4 is 23.6 Å². The first kappa shape index (κ1) is 74.5. The summed E-state index contributed by atoms with van der Waals surface area (Å²) in [5.41, 5.74) is 6.56. The van der Waals surface area contributed by atoms with E-state index in [1.165, 1.54) is 18.8 Å². The first-order chi connectivity index (χ1) is 50.8. The molecule has 3 aliphatic heterocycles. The summed E-state index contributed by atoms with van der Waals surface area (Å²) < 4.78 is 101. The molecule has 1 amide bonds. The van der Waals surface area contributed by atoms with Gasteiger partial charge in [0.05, 0.1) is 78.6 Å². The number of carbonyl (C=O) groups excluding carboxylic acids is 2. The van der Waals surface area contributed by atoms with Crippen molar-refractivity contribution in [3.8, 4) is 0 Å². The number of hydrogen-bond acceptors (Lipinski definition) is 17. The maximum Gasteiger partial charge on any atom is 0.306 e. The second-order valence-corrected chi connectivity index (χ2v) is 26.8. The van der Waals surface area contributed by atoms with Crippen LogP contribution in [0.3, 0.4) is 0 Å². The molecule has 12 rings (SSSR count). The minimum absolute atomic E-state index is 0.0243. The molecule has 3 heterocycles. The molecule has 0 bridgehead atoms. The van der Waals surface area contributed by atoms with Crippen molar-refractivity contribution in [3.05, 3.63) is 317 Å². The number of carbonyl (C=O) groups is 2. The fourth-order valence-corrected chi connectivity index (χ4v) is 13.9. The zero-order valence-electron chi connectivity index (χ0n) is 58.1. The molecule has 1 N–H and O–H groups in total. The van der Waals surface area contributed by atoms with Crippen LogP contribution < -0.4 is 5.32 Å². The summed E-state index contributed by atoms with van der Waals surface area (Å²) in [5, 5.41) is 2.60. The SMILES string of the molecule is CNC(=O)CCC(=O)O[C@@H]1C(C)OC(O[C@@H]2C(OCc3ccccc3)C(O[C@@H]3C(COCc4ccccc4)O[C@@H](Sc4ccccc4)C(OCc4ccccc4)[C@H]3OCc3ccccc3)OC(COCc3ccccc3)[C@@H]2OCc2ccccc2)C(OCc2ccccc2)[C@H]1OCc1ccccc1. The lowest BCUT2D eigenvalue weighted by Crippen LogP contribution is -2.68. The van der Waals surface area contributed by atoms with Gasteiger partial charge in [-0.1, -0.05) is 273 Å². The van der Waals surface area contributed by atoms with E-state index in [4.69, 9.17) is 66.3 Å². The van der Waals surface area contributed by atoms with E-state index in [1.807, 2.05) is 261 Å². The van der Waals surface area contributed by atoms with E-state index in [-0.39, 0.29) is 84.8 Å². The van der Waals surface area contributed by atoms with Crippen LogP contribution in [0.5, 0.6) is 0 Å². The third-order valence-electron chi connectivity index (χ3n) is 18.1. The second kappa shape index (κ2) is 39.6. The van der Waals surface area contributed by atoms with Gasteiger partial charge in [0.15, 0.2) is 18.7 Å². The number of ether oxygens (including phenoxy) is 14. The van der Waals surface area contributed by atoms with Crippen molar-refractivity contribution in [3.63, 3.8) is 0 Å². The van der Waals surface area contributed by atoms with Gasteiger partial charge in [0.2, 0.25) is 5.91 Å². The van der Waals surface area contributed by atoms with Crippen LogP contribution in [0.25, 0.3) is 0 Å². The standard InChI is InChI=1S/C85H91NO16S/c1-60-74(100-73(88)49-48-72(87)86-2)77(92-53-64-36-18-6-19-37-64)80(94-55-66-40-22-8-23-41-66)83(97-60)102-79-75(91-52-63-34-16-5-17-35-63)70(58-89-50-61-30-12-3-13-31-61)98-84(81(79)95-56-67-42-24-9-25-43-67)101-76-71(59-90-51-62-32-14-4-15-33-62)99-85(103-69-46-28-11-29-47-69)82(96-57-68-44-26-10-27-45-68)78(76)93-54-65-38-20-7-21-39-65/h3-47,60,70-71,74-85H,48-59H2,1-2H3,(H,86,87)/t60?,70?,71?,74-,75+,76-,77+,78+,79+,80?,81?,82?,83?,84?,85+/m1/s1. The smallest absolute Gasteiger partial charge is 0.306 e. The second-order valence-electron chi connectivity index (χ2n) is 25.6. The van der Waals surface area contributed by atoms with Crippen LogP contribution in [0.2, 0.25) is 0 Å². The fourth-order valence-electron chi connectivity index (χ4n) is 12.7. The van der Waals surface area contributed by atoms with Gasteiger partial charge in [-0.15, -0.1) is 0 Å². The maximum absolute atomic E-state index is 14.1. The highest BCUT2D eigenvalue weighted by molar-refractivity contribution is 7.99. The Morgan fingerprint density at radius 3 is 1.07 bits per heavy atom. The number of amides is 1. The Morgan fingerprint density at radius 2 is 0.660 bits per heavy atom. The van der Waals surface area contributed by atoms with Gasteiger partial charge >= 0.3 is 5.97 Å². The molecule has 18 heteroatoms. The number of esters is 1. The van der Waals surface area contributed by atoms with Gasteiger partial charge in [0.25, 0.3) is 0 Å². The molecular weight excluding hydrogens is 1320 g/mol. The highest BCUT2D eigenvalue weighted by Gasteiger charge is 2.57. The monoisotopic (exact) mass is 1410 g/mol. The molecule has 3 saturated heterocycles. The Hall–Kier alpha value is -8.25. The predicted molar refractivity (Wildman–Crippen MR) is 389 cm³/mol. The Labute approximate surface area is 608 Å². The summed E-state index contributed by atoms with van der Waals surface area (Å²) in [6.07, 6.45) is -15.0. The molecule has 0 aromatic heterocycles. The molecule has 8 unspecified atom stereocenters. The first-order valence-corrected chi connectivity index (χ1v) is 36.2. The van der Waals surface area contributed by atoms with E-state index in [1.54, 1.807) is 6.92 Å². The highest BCUT2D eigenvalue weighted by Crippen LogP contribution is 2.42. The van der Waals surface area contributed by atoms with Crippen molar-refractivity contribution in [1.82, 2.24) is 5.32 Å². The topological polar surface area (TPSA) is 175 Å². The molecule has 0 aliphatic carbocycles. The zero-order valence-corrected chi connectivity index (χ0v) is 58.9. The van der Waals surface area contributed by atoms with Crippen LogP contribution >= 0.6 is 11.8 Å².